The summed E-state index contributed by atoms with van der Waals surface area (Å²) < 4.78 is 0. The Morgan fingerprint density at radius 3 is 2.18 bits per heavy atom. The van der Waals surface area contributed by atoms with Crippen molar-refractivity contribution in [3.05, 3.63) is 101 Å². The molecule has 1 aromatic heterocycles. The van der Waals surface area contributed by atoms with Crippen LogP contribution in [0.2, 0.25) is 0 Å². The first-order valence-electron chi connectivity index (χ1n) is 25.8. The number of nitrogens with one attached hydrogen (secondary N) is 3. The number of amides is 2. The van der Waals surface area contributed by atoms with Gasteiger partial charge in [-0.05, 0) is 79.3 Å². The molecule has 0 unspecified atom stereocenters. The van der Waals surface area contributed by atoms with E-state index < -0.39 is 0 Å². The summed E-state index contributed by atoms with van der Waals surface area (Å²) in [6, 6.07) is 22.5. The van der Waals surface area contributed by atoms with E-state index in [0.717, 1.165) is 117 Å². The minimum absolute atomic E-state index is 0.0102. The minimum atomic E-state index is -0.199. The molecule has 0 saturated carbocycles. The molecular weight excluding hydrogens is 909 g/mol. The molecule has 3 saturated heterocycles. The summed E-state index contributed by atoms with van der Waals surface area (Å²) in [5.74, 6) is 2.40. The van der Waals surface area contributed by atoms with Crippen LogP contribution in [-0.4, -0.2) is 153 Å². The van der Waals surface area contributed by atoms with Crippen LogP contribution >= 0.6 is 0 Å². The number of carbonyl (C=O) groups excluding carboxylic acids is 2. The number of aromatic nitrogens is 2. The molecule has 17 heteroatoms. The largest absolute Gasteiger partial charge is 0.508 e. The van der Waals surface area contributed by atoms with Crippen LogP contribution in [0.5, 0.6) is 17.2 Å². The Hall–Kier alpha value is -6.98. The second-order valence-corrected chi connectivity index (χ2v) is 19.7. The van der Waals surface area contributed by atoms with Crippen LogP contribution in [0.3, 0.4) is 0 Å². The summed E-state index contributed by atoms with van der Waals surface area (Å²) in [5, 5.41) is 54.2. The standard InChI is InChI=1S/C55H70N12O5/c1-4-40-31-46(50(70)33-49(40)69)53(57)67(37(3)56)42-12-10-38(11-13-42)34-61-22-24-62(25-23-61)35-39-15-19-63(20-16-39)52(72)14-18-58-55-59-47-36-66(48-32-43(68)30-41-8-6-7-9-44(41)48)21-17-45(47)54(60-55)65-28-26-64(27-29-65)51(71)5-2/h6-13,30-33,39,56-57,68-70H,4-5,14-29,34-36H2,1-3H3,(H,58,59,60). The summed E-state index contributed by atoms with van der Waals surface area (Å²) in [6.45, 7) is 17.1. The van der Waals surface area contributed by atoms with Gasteiger partial charge < -0.3 is 45.1 Å². The number of piperazine rings is 2. The molecule has 0 radical (unpaired) electrons. The number of rotatable bonds is 14. The van der Waals surface area contributed by atoms with Gasteiger partial charge in [-0.3, -0.25) is 30.2 Å². The quantitative estimate of drug-likeness (QED) is 0.0513. The molecule has 0 spiro atoms. The zero-order valence-corrected chi connectivity index (χ0v) is 42.0. The molecule has 72 heavy (non-hydrogen) atoms. The number of fused-ring (bicyclic) bond motifs is 2. The van der Waals surface area contributed by atoms with Gasteiger partial charge in [0.25, 0.3) is 0 Å². The number of piperidine rings is 1. The van der Waals surface area contributed by atoms with Gasteiger partial charge in [0.15, 0.2) is 0 Å². The van der Waals surface area contributed by atoms with Crippen molar-refractivity contribution < 1.29 is 24.9 Å². The smallest absolute Gasteiger partial charge is 0.224 e. The molecule has 3 fully saturated rings. The summed E-state index contributed by atoms with van der Waals surface area (Å²) >= 11 is 0. The van der Waals surface area contributed by atoms with Crippen molar-refractivity contribution in [1.29, 1.82) is 10.8 Å². The lowest BCUT2D eigenvalue weighted by atomic mass is 9.95. The van der Waals surface area contributed by atoms with Gasteiger partial charge in [-0.2, -0.15) is 4.98 Å². The van der Waals surface area contributed by atoms with E-state index in [1.165, 1.54) is 11.0 Å². The van der Waals surface area contributed by atoms with Gasteiger partial charge in [0.1, 0.15) is 34.7 Å². The minimum Gasteiger partial charge on any atom is -0.508 e. The third-order valence-electron chi connectivity index (χ3n) is 15.0. The van der Waals surface area contributed by atoms with E-state index in [1.54, 1.807) is 19.1 Å². The molecule has 0 aliphatic carbocycles. The second-order valence-electron chi connectivity index (χ2n) is 19.7. The number of hydrogen-bond acceptors (Lipinski definition) is 14. The molecule has 5 heterocycles. The Balaban J connectivity index is 0.746. The molecule has 0 atom stereocenters. The van der Waals surface area contributed by atoms with Crippen molar-refractivity contribution in [2.24, 2.45) is 5.92 Å². The van der Waals surface area contributed by atoms with Crippen molar-refractivity contribution >= 4 is 57.4 Å². The Labute approximate surface area is 422 Å². The first-order chi connectivity index (χ1) is 34.8. The molecule has 4 aliphatic heterocycles. The van der Waals surface area contributed by atoms with Crippen LogP contribution < -0.4 is 20.0 Å². The first-order valence-corrected chi connectivity index (χ1v) is 25.8. The third kappa shape index (κ3) is 11.2. The fraction of sp³-hybridized carbons (Fsp3) is 0.455. The number of likely N-dealkylation sites (tertiary alicyclic amines) is 1. The van der Waals surface area contributed by atoms with Crippen molar-refractivity contribution in [1.82, 2.24) is 29.6 Å². The summed E-state index contributed by atoms with van der Waals surface area (Å²) in [6.07, 6.45) is 4.10. The lowest BCUT2D eigenvalue weighted by Crippen LogP contribution is -2.49. The highest BCUT2D eigenvalue weighted by Gasteiger charge is 2.31. The third-order valence-corrected chi connectivity index (χ3v) is 15.0. The predicted molar refractivity (Wildman–Crippen MR) is 284 cm³/mol. The molecule has 5 aromatic rings. The Kier molecular flexibility index (Phi) is 15.4. The van der Waals surface area contributed by atoms with Crippen molar-refractivity contribution in [2.45, 2.75) is 72.4 Å². The van der Waals surface area contributed by atoms with Crippen LogP contribution in [0.1, 0.15) is 74.4 Å². The van der Waals surface area contributed by atoms with Gasteiger partial charge in [0, 0.05) is 139 Å². The highest BCUT2D eigenvalue weighted by atomic mass is 16.3. The summed E-state index contributed by atoms with van der Waals surface area (Å²) in [4.78, 5) is 51.3. The van der Waals surface area contributed by atoms with Gasteiger partial charge >= 0.3 is 0 Å². The maximum absolute atomic E-state index is 13.6. The predicted octanol–water partition coefficient (Wildman–Crippen LogP) is 6.62. The lowest BCUT2D eigenvalue weighted by Gasteiger charge is -2.39. The van der Waals surface area contributed by atoms with E-state index in [-0.39, 0.29) is 46.3 Å². The van der Waals surface area contributed by atoms with Crippen LogP contribution in [-0.2, 0) is 35.5 Å². The molecule has 0 bridgehead atoms. The number of aryl methyl sites for hydroxylation is 1. The zero-order chi connectivity index (χ0) is 50.5. The van der Waals surface area contributed by atoms with E-state index >= 15 is 0 Å². The number of carbonyl (C=O) groups is 2. The molecule has 17 nitrogen and oxygen atoms in total. The van der Waals surface area contributed by atoms with Gasteiger partial charge in [-0.15, -0.1) is 0 Å². The first kappa shape index (κ1) is 50.0. The van der Waals surface area contributed by atoms with Crippen molar-refractivity contribution in [3.63, 3.8) is 0 Å². The van der Waals surface area contributed by atoms with Crippen LogP contribution in [0, 0.1) is 16.7 Å². The number of aromatic hydroxyl groups is 3. The SMILES string of the molecule is CCC(=O)N1CCN(c2nc(NCCC(=O)N3CCC(CN4CCN(Cc5ccc(N(C(C)=N)C(=N)c6cc(CC)c(O)cc6O)cc5)CC4)CC3)nc3c2CCN(c2cc(O)cc4ccccc24)C3)CC1. The second kappa shape index (κ2) is 22.2. The fourth-order valence-corrected chi connectivity index (χ4v) is 10.9. The van der Waals surface area contributed by atoms with Crippen LogP contribution in [0.4, 0.5) is 23.1 Å². The molecule has 9 rings (SSSR count). The van der Waals surface area contributed by atoms with Crippen molar-refractivity contribution in [2.75, 3.05) is 105 Å². The maximum atomic E-state index is 13.6. The van der Waals surface area contributed by atoms with Gasteiger partial charge in [0.05, 0.1) is 17.8 Å². The molecule has 2 amide bonds. The van der Waals surface area contributed by atoms with Crippen molar-refractivity contribution in [3.8, 4) is 17.2 Å². The monoisotopic (exact) mass is 979 g/mol. The van der Waals surface area contributed by atoms with E-state index in [2.05, 4.69) is 31.0 Å². The summed E-state index contributed by atoms with van der Waals surface area (Å²) in [5.41, 5.74) is 5.71. The zero-order valence-electron chi connectivity index (χ0n) is 42.0. The molecular formula is C55H70N12O5. The van der Waals surface area contributed by atoms with E-state index in [1.807, 2.05) is 72.2 Å². The number of phenols is 3. The summed E-state index contributed by atoms with van der Waals surface area (Å²) in [7, 11) is 0. The molecule has 6 N–H and O–H groups in total. The number of amidine groups is 2. The number of hydrogen-bond donors (Lipinski definition) is 6. The van der Waals surface area contributed by atoms with Crippen LogP contribution in [0.15, 0.2) is 72.8 Å². The fourth-order valence-electron chi connectivity index (χ4n) is 10.9. The Morgan fingerprint density at radius 1 is 0.764 bits per heavy atom. The lowest BCUT2D eigenvalue weighted by molar-refractivity contribution is -0.132. The molecule has 4 aliphatic rings. The Morgan fingerprint density at radius 2 is 1.47 bits per heavy atom. The number of anilines is 4. The average molecular weight is 979 g/mol. The maximum Gasteiger partial charge on any atom is 0.224 e. The van der Waals surface area contributed by atoms with E-state index in [0.29, 0.717) is 81.6 Å². The normalized spacial score (nSPS) is 17.0. The topological polar surface area (TPSA) is 203 Å². The average Bonchev–Trinajstić information content (AvgIpc) is 3.39. The highest BCUT2D eigenvalue weighted by molar-refractivity contribution is 6.23. The number of nitrogens with zero attached hydrogens (tertiary/aromatic N) is 9. The Bertz CT molecular complexity index is 2780. The number of phenolic OH excluding ortho intramolecular Hbond substituents is 3. The van der Waals surface area contributed by atoms with E-state index in [9.17, 15) is 24.9 Å². The van der Waals surface area contributed by atoms with Gasteiger partial charge in [-0.25, -0.2) is 4.98 Å². The van der Waals surface area contributed by atoms with Gasteiger partial charge in [0.2, 0.25) is 17.8 Å². The molecule has 380 valence electrons. The van der Waals surface area contributed by atoms with Crippen LogP contribution in [0.25, 0.3) is 10.8 Å². The number of benzene rings is 4. The highest BCUT2D eigenvalue weighted by Crippen LogP contribution is 2.37. The van der Waals surface area contributed by atoms with E-state index in [4.69, 9.17) is 20.8 Å². The van der Waals surface area contributed by atoms with Gasteiger partial charge in [-0.1, -0.05) is 50.2 Å². The molecule has 4 aromatic carbocycles.